The molecule has 120 valence electrons. The molecule has 1 amide bonds. The second-order valence-corrected chi connectivity index (χ2v) is 5.41. The van der Waals surface area contributed by atoms with Gasteiger partial charge in [0, 0.05) is 17.3 Å². The molecule has 0 bridgehead atoms. The number of para-hydroxylation sites is 1. The number of benzene rings is 1. The van der Waals surface area contributed by atoms with E-state index in [4.69, 9.17) is 15.3 Å². The third kappa shape index (κ3) is 4.57. The van der Waals surface area contributed by atoms with Gasteiger partial charge in [0.25, 0.3) is 5.91 Å². The zero-order valence-corrected chi connectivity index (χ0v) is 13.6. The van der Waals surface area contributed by atoms with Crippen LogP contribution in [0.15, 0.2) is 35.8 Å². The normalized spacial score (nSPS) is 10.4. The largest absolute Gasteiger partial charge is 0.482 e. The van der Waals surface area contributed by atoms with Crippen molar-refractivity contribution >= 4 is 22.8 Å². The van der Waals surface area contributed by atoms with Gasteiger partial charge in [-0.25, -0.2) is 4.98 Å². The summed E-state index contributed by atoms with van der Waals surface area (Å²) in [7, 11) is 0. The predicted molar refractivity (Wildman–Crippen MR) is 88.4 cm³/mol. The highest BCUT2D eigenvalue weighted by molar-refractivity contribution is 7.10. The van der Waals surface area contributed by atoms with Crippen LogP contribution in [0, 0.1) is 29.6 Å². The Morgan fingerprint density at radius 1 is 1.42 bits per heavy atom. The summed E-state index contributed by atoms with van der Waals surface area (Å²) in [6.07, 6.45) is 1.36. The molecule has 0 aliphatic heterocycles. The van der Waals surface area contributed by atoms with Crippen molar-refractivity contribution in [3.05, 3.63) is 52.1 Å². The van der Waals surface area contributed by atoms with Crippen molar-refractivity contribution in [2.45, 2.75) is 6.92 Å². The maximum absolute atomic E-state index is 11.7. The van der Waals surface area contributed by atoms with Crippen molar-refractivity contribution in [2.75, 3.05) is 6.61 Å². The average molecular weight is 339 g/mol. The fourth-order valence-electron chi connectivity index (χ4n) is 1.67. The number of hydrogen-bond donors (Lipinski definition) is 2. The van der Waals surface area contributed by atoms with Crippen LogP contribution in [-0.4, -0.2) is 17.5 Å². The van der Waals surface area contributed by atoms with Crippen LogP contribution in [0.2, 0.25) is 0 Å². The van der Waals surface area contributed by atoms with Gasteiger partial charge in [-0.2, -0.15) is 10.5 Å². The number of rotatable bonds is 6. The molecular formula is C16H13N5O2S. The van der Waals surface area contributed by atoms with E-state index in [-0.39, 0.29) is 6.61 Å². The minimum absolute atomic E-state index is 0.266. The Labute approximate surface area is 142 Å². The number of nitrogens with one attached hydrogen (secondary N) is 2. The Morgan fingerprint density at radius 3 is 2.88 bits per heavy atom. The van der Waals surface area contributed by atoms with E-state index in [0.29, 0.717) is 21.9 Å². The van der Waals surface area contributed by atoms with E-state index in [1.54, 1.807) is 24.3 Å². The van der Waals surface area contributed by atoms with Crippen molar-refractivity contribution < 1.29 is 9.53 Å². The third-order valence-electron chi connectivity index (χ3n) is 2.76. The monoisotopic (exact) mass is 339 g/mol. The Balaban J connectivity index is 1.86. The number of nitrogens with zero attached hydrogens (tertiary/aromatic N) is 3. The molecule has 0 atom stereocenters. The second kappa shape index (κ2) is 8.32. The lowest BCUT2D eigenvalue weighted by Crippen LogP contribution is -2.37. The van der Waals surface area contributed by atoms with E-state index in [2.05, 4.69) is 15.8 Å². The number of hydrazine groups is 1. The molecule has 0 saturated heterocycles. The molecule has 0 saturated carbocycles. The number of amides is 1. The molecule has 0 radical (unpaired) electrons. The van der Waals surface area contributed by atoms with Gasteiger partial charge in [0.05, 0.1) is 5.56 Å². The first-order chi connectivity index (χ1) is 11.6. The predicted octanol–water partition coefficient (Wildman–Crippen LogP) is 1.89. The molecule has 1 heterocycles. The fraction of sp³-hybridized carbons (Fsp3) is 0.125. The van der Waals surface area contributed by atoms with Crippen LogP contribution in [0.5, 0.6) is 5.75 Å². The number of thiazole rings is 1. The number of ether oxygens (including phenoxy) is 1. The van der Waals surface area contributed by atoms with Crippen LogP contribution in [0.3, 0.4) is 0 Å². The molecule has 7 nitrogen and oxygen atoms in total. The molecule has 0 spiro atoms. The molecule has 24 heavy (non-hydrogen) atoms. The summed E-state index contributed by atoms with van der Waals surface area (Å²) >= 11 is 1.34. The van der Waals surface area contributed by atoms with Gasteiger partial charge in [0.2, 0.25) is 0 Å². The second-order valence-electron chi connectivity index (χ2n) is 4.55. The van der Waals surface area contributed by atoms with Gasteiger partial charge in [0.1, 0.15) is 28.5 Å². The van der Waals surface area contributed by atoms with E-state index in [1.807, 2.05) is 24.4 Å². The van der Waals surface area contributed by atoms with Crippen molar-refractivity contribution in [1.29, 1.82) is 10.5 Å². The highest BCUT2D eigenvalue weighted by Crippen LogP contribution is 2.17. The quantitative estimate of drug-likeness (QED) is 0.614. The first kappa shape index (κ1) is 17.0. The molecule has 8 heteroatoms. The summed E-state index contributed by atoms with van der Waals surface area (Å²) in [4.78, 5) is 15.9. The minimum atomic E-state index is -0.452. The van der Waals surface area contributed by atoms with Gasteiger partial charge >= 0.3 is 0 Å². The summed E-state index contributed by atoms with van der Waals surface area (Å²) in [5.41, 5.74) is 6.41. The number of aryl methyl sites for hydroxylation is 1. The third-order valence-corrected chi connectivity index (χ3v) is 3.76. The van der Waals surface area contributed by atoms with Crippen LogP contribution in [0.4, 0.5) is 0 Å². The smallest absolute Gasteiger partial charge is 0.276 e. The summed E-state index contributed by atoms with van der Waals surface area (Å²) in [6, 6.07) is 10.6. The zero-order valence-electron chi connectivity index (χ0n) is 12.7. The Hall–Kier alpha value is -3.36. The van der Waals surface area contributed by atoms with E-state index in [0.717, 1.165) is 5.69 Å². The van der Waals surface area contributed by atoms with Gasteiger partial charge in [-0.15, -0.1) is 11.3 Å². The Bertz CT molecular complexity index is 845. The number of hydrogen-bond acceptors (Lipinski definition) is 7. The Kier molecular flexibility index (Phi) is 5.89. The molecule has 2 N–H and O–H groups in total. The highest BCUT2D eigenvalue weighted by Gasteiger charge is 2.07. The topological polar surface area (TPSA) is 111 Å². The van der Waals surface area contributed by atoms with Gasteiger partial charge in [-0.05, 0) is 19.1 Å². The molecular weight excluding hydrogens is 326 g/mol. The molecule has 0 unspecified atom stereocenters. The average Bonchev–Trinajstić information content (AvgIpc) is 3.03. The SMILES string of the molecule is Cc1csc(/C(C#N)=C/NNC(=O)COc2ccccc2C#N)n1. The summed E-state index contributed by atoms with van der Waals surface area (Å²) < 4.78 is 5.29. The van der Waals surface area contributed by atoms with Crippen LogP contribution >= 0.6 is 11.3 Å². The van der Waals surface area contributed by atoms with Gasteiger partial charge in [-0.3, -0.25) is 10.2 Å². The van der Waals surface area contributed by atoms with Crippen LogP contribution < -0.4 is 15.6 Å². The molecule has 2 aromatic rings. The summed E-state index contributed by atoms with van der Waals surface area (Å²) in [5.74, 6) is -0.117. The zero-order chi connectivity index (χ0) is 17.4. The number of carbonyl (C=O) groups excluding carboxylic acids is 1. The van der Waals surface area contributed by atoms with Crippen LogP contribution in [-0.2, 0) is 4.79 Å². The van der Waals surface area contributed by atoms with Gasteiger partial charge < -0.3 is 10.2 Å². The van der Waals surface area contributed by atoms with E-state index in [1.165, 1.54) is 17.5 Å². The first-order valence-corrected chi connectivity index (χ1v) is 7.71. The van der Waals surface area contributed by atoms with Crippen molar-refractivity contribution in [1.82, 2.24) is 15.8 Å². The van der Waals surface area contributed by atoms with Gasteiger partial charge in [-0.1, -0.05) is 12.1 Å². The maximum atomic E-state index is 11.7. The fourth-order valence-corrected chi connectivity index (χ4v) is 2.44. The van der Waals surface area contributed by atoms with Crippen molar-refractivity contribution in [3.63, 3.8) is 0 Å². The molecule has 0 aliphatic rings. The number of aromatic nitrogens is 1. The lowest BCUT2D eigenvalue weighted by molar-refractivity contribution is -0.123. The lowest BCUT2D eigenvalue weighted by Gasteiger charge is -2.08. The number of allylic oxidation sites excluding steroid dienone is 1. The van der Waals surface area contributed by atoms with Crippen molar-refractivity contribution in [3.8, 4) is 17.9 Å². The molecule has 0 aliphatic carbocycles. The highest BCUT2D eigenvalue weighted by atomic mass is 32.1. The first-order valence-electron chi connectivity index (χ1n) is 6.83. The maximum Gasteiger partial charge on any atom is 0.276 e. The Morgan fingerprint density at radius 2 is 2.21 bits per heavy atom. The summed E-state index contributed by atoms with van der Waals surface area (Å²) in [5, 5.41) is 20.4. The molecule has 2 rings (SSSR count). The van der Waals surface area contributed by atoms with Gasteiger partial charge in [0.15, 0.2) is 6.61 Å². The summed E-state index contributed by atoms with van der Waals surface area (Å²) in [6.45, 7) is 1.57. The lowest BCUT2D eigenvalue weighted by atomic mass is 10.2. The van der Waals surface area contributed by atoms with E-state index >= 15 is 0 Å². The standard InChI is InChI=1S/C16H13N5O2S/c1-11-10-24-16(20-11)13(7-18)8-19-21-15(22)9-23-14-5-3-2-4-12(14)6-17/h2-5,8,10,19H,9H2,1H3,(H,21,22)/b13-8+. The molecule has 0 fully saturated rings. The van der Waals surface area contributed by atoms with E-state index in [9.17, 15) is 4.79 Å². The number of nitriles is 2. The number of carbonyl (C=O) groups is 1. The molecule has 1 aromatic carbocycles. The van der Waals surface area contributed by atoms with Crippen LogP contribution in [0.25, 0.3) is 5.57 Å². The minimum Gasteiger partial charge on any atom is -0.482 e. The van der Waals surface area contributed by atoms with Crippen LogP contribution in [0.1, 0.15) is 16.3 Å². The molecule has 1 aromatic heterocycles. The van der Waals surface area contributed by atoms with Crippen molar-refractivity contribution in [2.24, 2.45) is 0 Å². The van der Waals surface area contributed by atoms with E-state index < -0.39 is 5.91 Å².